The number of ether oxygens (including phenoxy) is 1. The topological polar surface area (TPSA) is 88.3 Å². The maximum atomic E-state index is 11.6. The van der Waals surface area contributed by atoms with Gasteiger partial charge >= 0.3 is 0 Å². The summed E-state index contributed by atoms with van der Waals surface area (Å²) in [5.74, 6) is -0.310. The molecule has 2 rings (SSSR count). The molecule has 1 N–H and O–H groups in total. The van der Waals surface area contributed by atoms with Crippen LogP contribution in [0.5, 0.6) is 11.5 Å². The van der Waals surface area contributed by atoms with Crippen LogP contribution in [-0.2, 0) is 0 Å². The van der Waals surface area contributed by atoms with Gasteiger partial charge in [-0.1, -0.05) is 0 Å². The number of carbonyl (C=O) groups is 1. The van der Waals surface area contributed by atoms with Crippen molar-refractivity contribution in [3.05, 3.63) is 58.3 Å². The van der Waals surface area contributed by atoms with Crippen molar-refractivity contribution in [1.82, 2.24) is 0 Å². The maximum absolute atomic E-state index is 11.6. The Morgan fingerprint density at radius 2 is 1.64 bits per heavy atom. The maximum Gasteiger partial charge on any atom is 0.220 e. The van der Waals surface area contributed by atoms with E-state index >= 15 is 0 Å². The van der Waals surface area contributed by atoms with Gasteiger partial charge in [-0.25, -0.2) is 0 Å². The van der Waals surface area contributed by atoms with Gasteiger partial charge in [0, 0.05) is 0 Å². The second-order valence-electron chi connectivity index (χ2n) is 4.48. The number of rotatable bonds is 4. The number of hydrogen-bond donors (Lipinski definition) is 1. The summed E-state index contributed by atoms with van der Waals surface area (Å²) in [5.41, 5.74) is 0.149. The van der Waals surface area contributed by atoms with Gasteiger partial charge < -0.3 is 9.84 Å². The van der Waals surface area contributed by atoms with Crippen molar-refractivity contribution < 1.29 is 14.6 Å². The van der Waals surface area contributed by atoms with E-state index in [0.29, 0.717) is 17.1 Å². The van der Waals surface area contributed by atoms with Crippen LogP contribution in [0.2, 0.25) is 0 Å². The van der Waals surface area contributed by atoms with Gasteiger partial charge in [0.1, 0.15) is 5.75 Å². The van der Waals surface area contributed by atoms with Crippen molar-refractivity contribution in [2.24, 2.45) is 10.2 Å². The van der Waals surface area contributed by atoms with E-state index in [2.05, 4.69) is 10.2 Å². The van der Waals surface area contributed by atoms with E-state index in [1.165, 1.54) is 19.1 Å². The molecule has 0 fully saturated rings. The number of nitrogens with zero attached hydrogens (tertiary/aromatic N) is 2. The molecule has 2 aromatic carbocycles. The number of methoxy groups -OCH3 is 1. The van der Waals surface area contributed by atoms with E-state index in [1.54, 1.807) is 31.4 Å². The molecule has 0 saturated carbocycles. The lowest BCUT2D eigenvalue weighted by atomic mass is 10.2. The molecule has 0 spiro atoms. The number of ketones is 1. The van der Waals surface area contributed by atoms with Crippen molar-refractivity contribution in [2.75, 3.05) is 7.11 Å². The van der Waals surface area contributed by atoms with Crippen molar-refractivity contribution >= 4 is 17.2 Å². The summed E-state index contributed by atoms with van der Waals surface area (Å²) < 4.78 is 5.04. The summed E-state index contributed by atoms with van der Waals surface area (Å²) in [7, 11) is 1.57. The van der Waals surface area contributed by atoms with E-state index in [4.69, 9.17) is 4.74 Å². The largest absolute Gasteiger partial charge is 0.504 e. The fraction of sp³-hybridized carbons (Fsp3) is 0.125. The highest BCUT2D eigenvalue weighted by Crippen LogP contribution is 2.22. The second-order valence-corrected chi connectivity index (χ2v) is 4.48. The van der Waals surface area contributed by atoms with Crippen LogP contribution in [0, 0.1) is 0 Å². The first-order chi connectivity index (χ1) is 10.5. The molecular weight excluding hydrogens is 284 g/mol. The zero-order valence-electron chi connectivity index (χ0n) is 12.1. The monoisotopic (exact) mass is 298 g/mol. The van der Waals surface area contributed by atoms with Crippen LogP contribution in [0.3, 0.4) is 0 Å². The van der Waals surface area contributed by atoms with Crippen LogP contribution in [0.15, 0.2) is 57.5 Å². The molecular formula is C16H14N2O4. The summed E-state index contributed by atoms with van der Waals surface area (Å²) in [6, 6.07) is 10.8. The van der Waals surface area contributed by atoms with Gasteiger partial charge in [0.15, 0.2) is 11.5 Å². The first kappa shape index (κ1) is 15.4. The highest BCUT2D eigenvalue weighted by atomic mass is 16.5. The smallest absolute Gasteiger partial charge is 0.220 e. The van der Waals surface area contributed by atoms with Crippen molar-refractivity contribution in [1.29, 1.82) is 0 Å². The number of carbonyl (C=O) groups excluding carboxylic acids is 1. The van der Waals surface area contributed by atoms with E-state index in [1.807, 2.05) is 0 Å². The molecule has 0 aliphatic heterocycles. The van der Waals surface area contributed by atoms with Crippen LogP contribution in [0.4, 0.5) is 11.4 Å². The summed E-state index contributed by atoms with van der Waals surface area (Å²) in [4.78, 5) is 23.0. The van der Waals surface area contributed by atoms with Gasteiger partial charge in [0.2, 0.25) is 5.43 Å². The quantitative estimate of drug-likeness (QED) is 0.692. The number of Topliss-reactive ketones (excluding diaryl/α,β-unsaturated/α-hetero) is 1. The lowest BCUT2D eigenvalue weighted by molar-refractivity contribution is 0.101. The Labute approximate surface area is 126 Å². The predicted molar refractivity (Wildman–Crippen MR) is 81.6 cm³/mol. The zero-order valence-corrected chi connectivity index (χ0v) is 12.1. The van der Waals surface area contributed by atoms with Gasteiger partial charge in [-0.3, -0.25) is 9.59 Å². The van der Waals surface area contributed by atoms with Crippen LogP contribution < -0.4 is 10.2 Å². The SMILES string of the molecule is COc1ccc(N=Nc2ccc(=O)c(O)c(C(C)=O)c2)cc1. The van der Waals surface area contributed by atoms with E-state index < -0.39 is 17.0 Å². The predicted octanol–water partition coefficient (Wildman–Crippen LogP) is 3.38. The Balaban J connectivity index is 2.38. The van der Waals surface area contributed by atoms with Crippen LogP contribution in [0.25, 0.3) is 0 Å². The van der Waals surface area contributed by atoms with E-state index in [0.717, 1.165) is 6.07 Å². The molecule has 0 amide bonds. The minimum Gasteiger partial charge on any atom is -0.504 e. The summed E-state index contributed by atoms with van der Waals surface area (Å²) in [6.07, 6.45) is 0. The number of aromatic hydroxyl groups is 1. The summed E-state index contributed by atoms with van der Waals surface area (Å²) >= 11 is 0. The first-order valence-electron chi connectivity index (χ1n) is 6.45. The number of benzene rings is 1. The normalized spacial score (nSPS) is 10.6. The standard InChI is InChI=1S/C16H14N2O4/c1-10(19)14-9-12(5-8-15(20)16(14)21)18-17-11-3-6-13(22-2)7-4-11/h3-9H,1-2H3,(H,20,21). The molecule has 0 atom stereocenters. The minimum absolute atomic E-state index is 0.0846. The van der Waals surface area contributed by atoms with Crippen LogP contribution in [-0.4, -0.2) is 18.0 Å². The van der Waals surface area contributed by atoms with Crippen LogP contribution in [0.1, 0.15) is 17.3 Å². The second kappa shape index (κ2) is 6.62. The third-order valence-corrected chi connectivity index (χ3v) is 2.92. The molecule has 6 nitrogen and oxygen atoms in total. The van der Waals surface area contributed by atoms with Crippen LogP contribution >= 0.6 is 0 Å². The lowest BCUT2D eigenvalue weighted by Crippen LogP contribution is -1.99. The molecule has 22 heavy (non-hydrogen) atoms. The molecule has 0 bridgehead atoms. The third-order valence-electron chi connectivity index (χ3n) is 2.92. The van der Waals surface area contributed by atoms with Gasteiger partial charge in [0.25, 0.3) is 0 Å². The molecule has 112 valence electrons. The fourth-order valence-electron chi connectivity index (χ4n) is 1.73. The molecule has 0 radical (unpaired) electrons. The Kier molecular flexibility index (Phi) is 4.63. The van der Waals surface area contributed by atoms with Gasteiger partial charge in [0.05, 0.1) is 24.0 Å². The Bertz CT molecular complexity index is 783. The van der Waals surface area contributed by atoms with Gasteiger partial charge in [-0.05, 0) is 49.4 Å². The fourth-order valence-corrected chi connectivity index (χ4v) is 1.73. The molecule has 0 aliphatic carbocycles. The van der Waals surface area contributed by atoms with E-state index in [-0.39, 0.29) is 5.56 Å². The van der Waals surface area contributed by atoms with Crippen molar-refractivity contribution in [2.45, 2.75) is 6.92 Å². The van der Waals surface area contributed by atoms with E-state index in [9.17, 15) is 14.7 Å². The minimum atomic E-state index is -0.643. The first-order valence-corrected chi connectivity index (χ1v) is 6.45. The average Bonchev–Trinajstić information content (AvgIpc) is 2.66. The molecule has 0 saturated heterocycles. The summed E-state index contributed by atoms with van der Waals surface area (Å²) in [5, 5.41) is 17.7. The zero-order chi connectivity index (χ0) is 16.1. The Hall–Kier alpha value is -3.02. The molecule has 0 heterocycles. The molecule has 6 heteroatoms. The van der Waals surface area contributed by atoms with Crippen molar-refractivity contribution in [3.8, 4) is 11.5 Å². The van der Waals surface area contributed by atoms with Crippen molar-refractivity contribution in [3.63, 3.8) is 0 Å². The Morgan fingerprint density at radius 3 is 2.23 bits per heavy atom. The average molecular weight is 298 g/mol. The Morgan fingerprint density at radius 1 is 1.05 bits per heavy atom. The highest BCUT2D eigenvalue weighted by Gasteiger charge is 2.09. The number of hydrogen-bond acceptors (Lipinski definition) is 6. The highest BCUT2D eigenvalue weighted by molar-refractivity contribution is 5.97. The molecule has 2 aromatic rings. The van der Waals surface area contributed by atoms with Gasteiger partial charge in [-0.15, -0.1) is 0 Å². The third kappa shape index (κ3) is 3.54. The molecule has 0 aromatic heterocycles. The van der Waals surface area contributed by atoms with Gasteiger partial charge in [-0.2, -0.15) is 10.2 Å². The molecule has 0 aliphatic rings. The number of azo groups is 1. The molecule has 0 unspecified atom stereocenters. The lowest BCUT2D eigenvalue weighted by Gasteiger charge is -1.98. The summed E-state index contributed by atoms with van der Waals surface area (Å²) in [6.45, 7) is 1.26.